The van der Waals surface area contributed by atoms with E-state index in [2.05, 4.69) is 48.1 Å². The Morgan fingerprint density at radius 2 is 2.05 bits per heavy atom. The van der Waals surface area contributed by atoms with Gasteiger partial charge in [-0.25, -0.2) is 4.98 Å². The second-order valence-corrected chi connectivity index (χ2v) is 5.71. The fourth-order valence-electron chi connectivity index (χ4n) is 3.07. The summed E-state index contributed by atoms with van der Waals surface area (Å²) in [6.07, 6.45) is 3.93. The third-order valence-electron chi connectivity index (χ3n) is 4.57. The van der Waals surface area contributed by atoms with Crippen LogP contribution in [0.3, 0.4) is 0 Å². The van der Waals surface area contributed by atoms with Crippen LogP contribution in [0.25, 0.3) is 0 Å². The first-order chi connectivity index (χ1) is 9.21. The van der Waals surface area contributed by atoms with E-state index in [-0.39, 0.29) is 0 Å². The number of nitrogens with one attached hydrogen (secondary N) is 1. The molecule has 0 saturated carbocycles. The van der Waals surface area contributed by atoms with E-state index in [1.807, 2.05) is 6.07 Å². The molecule has 1 aliphatic rings. The highest BCUT2D eigenvalue weighted by Crippen LogP contribution is 2.37. The fraction of sp³-hybridized carbons (Fsp3) is 0.688. The Bertz CT molecular complexity index is 399. The minimum Gasteiger partial charge on any atom is -0.370 e. The minimum atomic E-state index is 0.555. The molecule has 2 heterocycles. The summed E-state index contributed by atoms with van der Waals surface area (Å²) in [6.45, 7) is 11.1. The van der Waals surface area contributed by atoms with Crippen molar-refractivity contribution in [2.24, 2.45) is 5.41 Å². The van der Waals surface area contributed by atoms with Crippen molar-refractivity contribution >= 4 is 5.82 Å². The summed E-state index contributed by atoms with van der Waals surface area (Å²) >= 11 is 0. The molecule has 0 aliphatic carbocycles. The van der Waals surface area contributed by atoms with Crippen molar-refractivity contribution in [1.29, 1.82) is 0 Å². The largest absolute Gasteiger partial charge is 0.370 e. The lowest BCUT2D eigenvalue weighted by molar-refractivity contribution is 0.235. The Morgan fingerprint density at radius 3 is 2.68 bits per heavy atom. The van der Waals surface area contributed by atoms with Crippen LogP contribution in [0.1, 0.15) is 45.7 Å². The maximum Gasteiger partial charge on any atom is 0.126 e. The smallest absolute Gasteiger partial charge is 0.126 e. The van der Waals surface area contributed by atoms with E-state index in [1.54, 1.807) is 0 Å². The summed E-state index contributed by atoms with van der Waals surface area (Å²) in [5, 5.41) is 3.28. The molecule has 0 amide bonds. The van der Waals surface area contributed by atoms with Crippen molar-refractivity contribution in [2.75, 3.05) is 25.0 Å². The van der Waals surface area contributed by atoms with Crippen LogP contribution >= 0.6 is 0 Å². The molecular weight excluding hydrogens is 234 g/mol. The second-order valence-electron chi connectivity index (χ2n) is 5.71. The van der Waals surface area contributed by atoms with Gasteiger partial charge in [-0.15, -0.1) is 0 Å². The molecule has 3 heteroatoms. The summed E-state index contributed by atoms with van der Waals surface area (Å²) in [6, 6.07) is 6.28. The van der Waals surface area contributed by atoms with E-state index in [0.717, 1.165) is 18.9 Å². The van der Waals surface area contributed by atoms with Crippen LogP contribution in [0.2, 0.25) is 0 Å². The molecule has 19 heavy (non-hydrogen) atoms. The lowest BCUT2D eigenvalue weighted by Crippen LogP contribution is -2.26. The van der Waals surface area contributed by atoms with Crippen molar-refractivity contribution in [2.45, 2.75) is 46.6 Å². The number of hydrogen-bond acceptors (Lipinski definition) is 3. The first-order valence-electron chi connectivity index (χ1n) is 7.63. The highest BCUT2D eigenvalue weighted by molar-refractivity contribution is 5.35. The van der Waals surface area contributed by atoms with Crippen LogP contribution in [-0.2, 0) is 6.54 Å². The molecular formula is C16H27N3. The van der Waals surface area contributed by atoms with Crippen molar-refractivity contribution in [3.63, 3.8) is 0 Å². The van der Waals surface area contributed by atoms with Gasteiger partial charge in [0.15, 0.2) is 0 Å². The average molecular weight is 261 g/mol. The molecule has 0 spiro atoms. The quantitative estimate of drug-likeness (QED) is 0.849. The minimum absolute atomic E-state index is 0.555. The molecule has 0 atom stereocenters. The van der Waals surface area contributed by atoms with Gasteiger partial charge in [-0.3, -0.25) is 4.90 Å². The number of rotatable bonds is 6. The Balaban J connectivity index is 1.97. The number of nitrogens with zero attached hydrogens (tertiary/aromatic N) is 2. The van der Waals surface area contributed by atoms with Gasteiger partial charge >= 0.3 is 0 Å². The molecule has 0 unspecified atom stereocenters. The molecule has 1 aliphatic heterocycles. The summed E-state index contributed by atoms with van der Waals surface area (Å²) in [7, 11) is 0. The maximum absolute atomic E-state index is 4.67. The van der Waals surface area contributed by atoms with Crippen molar-refractivity contribution in [1.82, 2.24) is 9.88 Å². The van der Waals surface area contributed by atoms with Crippen LogP contribution in [0.15, 0.2) is 18.2 Å². The van der Waals surface area contributed by atoms with Crippen LogP contribution in [0, 0.1) is 5.41 Å². The summed E-state index contributed by atoms with van der Waals surface area (Å²) < 4.78 is 0. The Hall–Kier alpha value is -1.09. The number of aromatic nitrogens is 1. The van der Waals surface area contributed by atoms with Crippen LogP contribution in [0.5, 0.6) is 0 Å². The monoisotopic (exact) mass is 261 g/mol. The SMILES string of the molecule is CCNc1cccc(CN2CCC(CC)(CC)C2)n1. The third-order valence-corrected chi connectivity index (χ3v) is 4.57. The van der Waals surface area contributed by atoms with E-state index in [4.69, 9.17) is 0 Å². The van der Waals surface area contributed by atoms with Gasteiger partial charge in [-0.2, -0.15) is 0 Å². The molecule has 1 fully saturated rings. The van der Waals surface area contributed by atoms with Gasteiger partial charge < -0.3 is 5.32 Å². The number of anilines is 1. The maximum atomic E-state index is 4.67. The predicted octanol–water partition coefficient (Wildman–Crippen LogP) is 3.53. The molecule has 106 valence electrons. The molecule has 1 saturated heterocycles. The van der Waals surface area contributed by atoms with E-state index in [0.29, 0.717) is 5.41 Å². The van der Waals surface area contributed by atoms with E-state index in [1.165, 1.54) is 38.0 Å². The van der Waals surface area contributed by atoms with Crippen molar-refractivity contribution < 1.29 is 0 Å². The molecule has 1 N–H and O–H groups in total. The van der Waals surface area contributed by atoms with Crippen LogP contribution < -0.4 is 5.32 Å². The zero-order valence-electron chi connectivity index (χ0n) is 12.6. The molecule has 3 nitrogen and oxygen atoms in total. The van der Waals surface area contributed by atoms with Gasteiger partial charge in [0.05, 0.1) is 5.69 Å². The zero-order valence-corrected chi connectivity index (χ0v) is 12.6. The highest BCUT2D eigenvalue weighted by Gasteiger charge is 2.34. The topological polar surface area (TPSA) is 28.2 Å². The lowest BCUT2D eigenvalue weighted by Gasteiger charge is -2.26. The second kappa shape index (κ2) is 6.38. The highest BCUT2D eigenvalue weighted by atomic mass is 15.2. The molecule has 1 aromatic rings. The number of hydrogen-bond donors (Lipinski definition) is 1. The van der Waals surface area contributed by atoms with Crippen molar-refractivity contribution in [3.8, 4) is 0 Å². The van der Waals surface area contributed by atoms with Crippen molar-refractivity contribution in [3.05, 3.63) is 23.9 Å². The zero-order chi connectivity index (χ0) is 13.7. The average Bonchev–Trinajstić information content (AvgIpc) is 2.84. The van der Waals surface area contributed by atoms with E-state index >= 15 is 0 Å². The predicted molar refractivity (Wildman–Crippen MR) is 81.3 cm³/mol. The normalized spacial score (nSPS) is 18.7. The molecule has 0 bridgehead atoms. The Labute approximate surface area is 117 Å². The van der Waals surface area contributed by atoms with Gasteiger partial charge in [-0.1, -0.05) is 19.9 Å². The molecule has 2 rings (SSSR count). The fourth-order valence-corrected chi connectivity index (χ4v) is 3.07. The molecule has 0 radical (unpaired) electrons. The Kier molecular flexibility index (Phi) is 4.81. The van der Waals surface area contributed by atoms with Gasteiger partial charge in [0.2, 0.25) is 0 Å². The summed E-state index contributed by atoms with van der Waals surface area (Å²) in [4.78, 5) is 7.23. The van der Waals surface area contributed by atoms with E-state index < -0.39 is 0 Å². The summed E-state index contributed by atoms with van der Waals surface area (Å²) in [5.74, 6) is 0.997. The van der Waals surface area contributed by atoms with Gasteiger partial charge in [0.1, 0.15) is 5.82 Å². The lowest BCUT2D eigenvalue weighted by atomic mass is 9.82. The molecule has 0 aromatic carbocycles. The summed E-state index contributed by atoms with van der Waals surface area (Å²) in [5.41, 5.74) is 1.74. The third kappa shape index (κ3) is 3.47. The van der Waals surface area contributed by atoms with Gasteiger partial charge in [0.25, 0.3) is 0 Å². The van der Waals surface area contributed by atoms with Crippen LogP contribution in [0.4, 0.5) is 5.82 Å². The van der Waals surface area contributed by atoms with Gasteiger partial charge in [-0.05, 0) is 50.3 Å². The standard InChI is InChI=1S/C16H27N3/c1-4-16(5-2)10-11-19(13-16)12-14-8-7-9-15(18-14)17-6-3/h7-9H,4-6,10-13H2,1-3H3,(H,17,18). The first-order valence-corrected chi connectivity index (χ1v) is 7.63. The van der Waals surface area contributed by atoms with E-state index in [9.17, 15) is 0 Å². The van der Waals surface area contributed by atoms with Crippen LogP contribution in [-0.4, -0.2) is 29.5 Å². The van der Waals surface area contributed by atoms with Gasteiger partial charge in [0, 0.05) is 19.6 Å². The first kappa shape index (κ1) is 14.3. The number of likely N-dealkylation sites (tertiary alicyclic amines) is 1. The Morgan fingerprint density at radius 1 is 1.26 bits per heavy atom. The molecule has 1 aromatic heterocycles. The number of pyridine rings is 1.